The Labute approximate surface area is 123 Å². The highest BCUT2D eigenvalue weighted by Crippen LogP contribution is 2.37. The zero-order valence-corrected chi connectivity index (χ0v) is 13.0. The molecule has 3 rings (SSSR count). The second-order valence-corrected chi connectivity index (χ2v) is 7.08. The van der Waals surface area contributed by atoms with E-state index in [0.717, 1.165) is 18.4 Å². The molecule has 1 aliphatic heterocycles. The minimum Gasteiger partial charge on any atom is -0.377 e. The number of rotatable bonds is 2. The van der Waals surface area contributed by atoms with Crippen molar-refractivity contribution in [1.82, 2.24) is 0 Å². The zero-order chi connectivity index (χ0) is 13.9. The van der Waals surface area contributed by atoms with Crippen molar-refractivity contribution in [2.24, 2.45) is 11.8 Å². The summed E-state index contributed by atoms with van der Waals surface area (Å²) in [5, 5.41) is 0. The zero-order valence-electron chi connectivity index (χ0n) is 13.0. The standard InChI is InChI=1S/C19H28O/c1-14-3-7-16(8-4-14)18-11-12-19(20-13-18)17-9-5-15(2)6-10-17/h3-4,7-8,15,17-19H,5-6,9-13H2,1-2H3. The fraction of sp³-hybridized carbons (Fsp3) is 0.684. The Bertz CT molecular complexity index is 406. The molecule has 0 spiro atoms. The maximum Gasteiger partial charge on any atom is 0.0603 e. The van der Waals surface area contributed by atoms with Gasteiger partial charge in [0.05, 0.1) is 12.7 Å². The molecule has 0 radical (unpaired) electrons. The highest BCUT2D eigenvalue weighted by molar-refractivity contribution is 5.24. The Balaban J connectivity index is 1.53. The predicted octanol–water partition coefficient (Wildman–Crippen LogP) is 5.08. The Morgan fingerprint density at radius 3 is 2.20 bits per heavy atom. The van der Waals surface area contributed by atoms with Crippen LogP contribution in [-0.2, 0) is 4.74 Å². The third kappa shape index (κ3) is 3.25. The van der Waals surface area contributed by atoms with Crippen molar-refractivity contribution in [2.45, 2.75) is 64.4 Å². The molecule has 1 aliphatic carbocycles. The maximum atomic E-state index is 6.25. The van der Waals surface area contributed by atoms with Crippen LogP contribution >= 0.6 is 0 Å². The number of hydrogen-bond donors (Lipinski definition) is 0. The van der Waals surface area contributed by atoms with Gasteiger partial charge < -0.3 is 4.74 Å². The van der Waals surface area contributed by atoms with Crippen molar-refractivity contribution in [3.05, 3.63) is 35.4 Å². The summed E-state index contributed by atoms with van der Waals surface area (Å²) in [6.45, 7) is 5.48. The first-order valence-corrected chi connectivity index (χ1v) is 8.40. The van der Waals surface area contributed by atoms with Crippen LogP contribution in [0, 0.1) is 18.8 Å². The lowest BCUT2D eigenvalue weighted by Crippen LogP contribution is -2.33. The molecule has 20 heavy (non-hydrogen) atoms. The number of hydrogen-bond acceptors (Lipinski definition) is 1. The molecule has 0 bridgehead atoms. The van der Waals surface area contributed by atoms with E-state index >= 15 is 0 Å². The van der Waals surface area contributed by atoms with Gasteiger partial charge in [-0.2, -0.15) is 0 Å². The van der Waals surface area contributed by atoms with Gasteiger partial charge in [-0.05, 0) is 50.0 Å². The van der Waals surface area contributed by atoms with E-state index in [4.69, 9.17) is 4.74 Å². The molecule has 1 heteroatoms. The lowest BCUT2D eigenvalue weighted by Gasteiger charge is -2.37. The molecule has 1 aromatic carbocycles. The fourth-order valence-corrected chi connectivity index (χ4v) is 3.90. The molecule has 2 fully saturated rings. The van der Waals surface area contributed by atoms with Crippen molar-refractivity contribution in [3.8, 4) is 0 Å². The smallest absolute Gasteiger partial charge is 0.0603 e. The monoisotopic (exact) mass is 272 g/mol. The molecule has 2 atom stereocenters. The molecule has 1 heterocycles. The Hall–Kier alpha value is -0.820. The van der Waals surface area contributed by atoms with Crippen LogP contribution in [0.15, 0.2) is 24.3 Å². The SMILES string of the molecule is Cc1ccc(C2CCC(C3CCC(C)CC3)OC2)cc1. The fourth-order valence-electron chi connectivity index (χ4n) is 3.90. The lowest BCUT2D eigenvalue weighted by molar-refractivity contribution is -0.0427. The maximum absolute atomic E-state index is 6.25. The molecule has 1 saturated heterocycles. The molecule has 110 valence electrons. The van der Waals surface area contributed by atoms with Gasteiger partial charge in [-0.3, -0.25) is 0 Å². The Kier molecular flexibility index (Phi) is 4.45. The highest BCUT2D eigenvalue weighted by Gasteiger charge is 2.31. The van der Waals surface area contributed by atoms with Gasteiger partial charge >= 0.3 is 0 Å². The average molecular weight is 272 g/mol. The minimum atomic E-state index is 0.546. The van der Waals surface area contributed by atoms with Gasteiger partial charge in [-0.25, -0.2) is 0 Å². The van der Waals surface area contributed by atoms with Crippen molar-refractivity contribution in [2.75, 3.05) is 6.61 Å². The number of ether oxygens (including phenoxy) is 1. The van der Waals surface area contributed by atoms with Gasteiger partial charge in [-0.1, -0.05) is 49.6 Å². The van der Waals surface area contributed by atoms with Gasteiger partial charge in [0, 0.05) is 5.92 Å². The largest absolute Gasteiger partial charge is 0.377 e. The second kappa shape index (κ2) is 6.30. The van der Waals surface area contributed by atoms with Gasteiger partial charge in [0.15, 0.2) is 0 Å². The van der Waals surface area contributed by atoms with Crippen LogP contribution < -0.4 is 0 Å². The molecule has 2 unspecified atom stereocenters. The van der Waals surface area contributed by atoms with Crippen LogP contribution in [0.3, 0.4) is 0 Å². The minimum absolute atomic E-state index is 0.546. The van der Waals surface area contributed by atoms with Gasteiger partial charge in [0.25, 0.3) is 0 Å². The molecule has 0 aromatic heterocycles. The van der Waals surface area contributed by atoms with Crippen molar-refractivity contribution in [1.29, 1.82) is 0 Å². The normalized spacial score (nSPS) is 34.9. The first-order valence-electron chi connectivity index (χ1n) is 8.40. The first-order chi connectivity index (χ1) is 9.72. The highest BCUT2D eigenvalue weighted by atomic mass is 16.5. The summed E-state index contributed by atoms with van der Waals surface area (Å²) < 4.78 is 6.25. The molecular formula is C19H28O. The molecule has 1 nitrogen and oxygen atoms in total. The molecule has 0 N–H and O–H groups in total. The first kappa shape index (κ1) is 14.1. The molecule has 2 aliphatic rings. The van der Waals surface area contributed by atoms with Crippen molar-refractivity contribution < 1.29 is 4.74 Å². The number of aryl methyl sites for hydroxylation is 1. The van der Waals surface area contributed by atoms with Crippen LogP contribution in [-0.4, -0.2) is 12.7 Å². The van der Waals surface area contributed by atoms with E-state index in [1.54, 1.807) is 0 Å². The van der Waals surface area contributed by atoms with Crippen LogP contribution in [0.4, 0.5) is 0 Å². The average Bonchev–Trinajstić information content (AvgIpc) is 2.49. The summed E-state index contributed by atoms with van der Waals surface area (Å²) in [4.78, 5) is 0. The number of benzene rings is 1. The van der Waals surface area contributed by atoms with E-state index in [-0.39, 0.29) is 0 Å². The summed E-state index contributed by atoms with van der Waals surface area (Å²) in [6.07, 6.45) is 8.71. The van der Waals surface area contributed by atoms with E-state index in [0.29, 0.717) is 12.0 Å². The summed E-state index contributed by atoms with van der Waals surface area (Å²) in [6, 6.07) is 9.02. The van der Waals surface area contributed by atoms with Crippen LogP contribution in [0.2, 0.25) is 0 Å². The summed E-state index contributed by atoms with van der Waals surface area (Å²) >= 11 is 0. The molecule has 1 aromatic rings. The van der Waals surface area contributed by atoms with Gasteiger partial charge in [0.2, 0.25) is 0 Å². The van der Waals surface area contributed by atoms with E-state index in [1.807, 2.05) is 0 Å². The topological polar surface area (TPSA) is 9.23 Å². The van der Waals surface area contributed by atoms with E-state index in [2.05, 4.69) is 38.1 Å². The van der Waals surface area contributed by atoms with Crippen LogP contribution in [0.1, 0.15) is 62.5 Å². The van der Waals surface area contributed by atoms with Crippen molar-refractivity contribution in [3.63, 3.8) is 0 Å². The molecule has 1 saturated carbocycles. The Morgan fingerprint density at radius 1 is 0.900 bits per heavy atom. The van der Waals surface area contributed by atoms with Crippen LogP contribution in [0.25, 0.3) is 0 Å². The quantitative estimate of drug-likeness (QED) is 0.729. The predicted molar refractivity (Wildman–Crippen MR) is 84.0 cm³/mol. The summed E-state index contributed by atoms with van der Waals surface area (Å²) in [5.74, 6) is 2.40. The third-order valence-electron chi connectivity index (χ3n) is 5.45. The summed E-state index contributed by atoms with van der Waals surface area (Å²) in [7, 11) is 0. The van der Waals surface area contributed by atoms with Gasteiger partial charge in [-0.15, -0.1) is 0 Å². The molecular weight excluding hydrogens is 244 g/mol. The summed E-state index contributed by atoms with van der Waals surface area (Å²) in [5.41, 5.74) is 2.81. The molecule has 0 amide bonds. The van der Waals surface area contributed by atoms with Crippen molar-refractivity contribution >= 4 is 0 Å². The third-order valence-corrected chi connectivity index (χ3v) is 5.45. The Morgan fingerprint density at radius 2 is 1.60 bits per heavy atom. The van der Waals surface area contributed by atoms with Gasteiger partial charge in [0.1, 0.15) is 0 Å². The van der Waals surface area contributed by atoms with E-state index < -0.39 is 0 Å². The second-order valence-electron chi connectivity index (χ2n) is 7.08. The van der Waals surface area contributed by atoms with E-state index in [1.165, 1.54) is 49.7 Å². The van der Waals surface area contributed by atoms with E-state index in [9.17, 15) is 0 Å². The lowest BCUT2D eigenvalue weighted by atomic mass is 9.77. The van der Waals surface area contributed by atoms with Crippen LogP contribution in [0.5, 0.6) is 0 Å².